The number of piperidine rings is 1. The second-order valence-corrected chi connectivity index (χ2v) is 10.2. The Morgan fingerprint density at radius 3 is 2.56 bits per heavy atom. The lowest BCUT2D eigenvalue weighted by Crippen LogP contribution is -2.35. The average Bonchev–Trinajstić information content (AvgIpc) is 3.30. The van der Waals surface area contributed by atoms with Crippen LogP contribution in [0.4, 0.5) is 17.2 Å². The van der Waals surface area contributed by atoms with Gasteiger partial charge in [0, 0.05) is 35.8 Å². The summed E-state index contributed by atoms with van der Waals surface area (Å²) in [5.41, 5.74) is 5.34. The summed E-state index contributed by atoms with van der Waals surface area (Å²) in [4.78, 5) is 28.4. The van der Waals surface area contributed by atoms with Crippen LogP contribution in [0.15, 0.2) is 67.3 Å². The lowest BCUT2D eigenvalue weighted by atomic mass is 9.96. The molecule has 0 atom stereocenters. The van der Waals surface area contributed by atoms with Gasteiger partial charge in [0.05, 0.1) is 22.9 Å². The Balaban J connectivity index is 1.19. The Morgan fingerprint density at radius 2 is 1.74 bits per heavy atom. The molecule has 39 heavy (non-hydrogen) atoms. The third kappa shape index (κ3) is 5.26. The molecule has 1 fully saturated rings. The molecular weight excluding hydrogens is 490 g/mol. The molecular formula is C30H31N7O2. The van der Waals surface area contributed by atoms with Crippen molar-refractivity contribution in [3.8, 4) is 11.5 Å². The number of benzene rings is 3. The van der Waals surface area contributed by atoms with Gasteiger partial charge >= 0.3 is 0 Å². The topological polar surface area (TPSA) is 97.2 Å². The Labute approximate surface area is 226 Å². The number of hydrogen-bond donors (Lipinski definition) is 2. The van der Waals surface area contributed by atoms with Crippen molar-refractivity contribution in [1.82, 2.24) is 24.4 Å². The first-order chi connectivity index (χ1) is 18.9. The second-order valence-electron chi connectivity index (χ2n) is 10.2. The summed E-state index contributed by atoms with van der Waals surface area (Å²) in [6, 6.07) is 17.6. The number of likely N-dealkylation sites (tertiary alicyclic amines) is 1. The van der Waals surface area contributed by atoms with Crippen LogP contribution in [0.2, 0.25) is 0 Å². The molecule has 6 rings (SSSR count). The molecule has 0 unspecified atom stereocenters. The van der Waals surface area contributed by atoms with Gasteiger partial charge in [-0.25, -0.2) is 15.0 Å². The first-order valence-electron chi connectivity index (χ1n) is 13.1. The Kier molecular flexibility index (Phi) is 6.58. The molecule has 1 amide bonds. The van der Waals surface area contributed by atoms with E-state index in [2.05, 4.69) is 37.5 Å². The maximum atomic E-state index is 12.9. The minimum atomic E-state index is 0.0381. The number of hydrogen-bond acceptors (Lipinski definition) is 7. The van der Waals surface area contributed by atoms with E-state index in [9.17, 15) is 4.79 Å². The number of nitrogens with one attached hydrogen (secondary N) is 2. The summed E-state index contributed by atoms with van der Waals surface area (Å²) in [6.45, 7) is 3.90. The minimum absolute atomic E-state index is 0.0381. The van der Waals surface area contributed by atoms with Crippen LogP contribution in [0.25, 0.3) is 21.9 Å². The second kappa shape index (κ2) is 10.3. The zero-order valence-electron chi connectivity index (χ0n) is 22.3. The molecule has 3 heterocycles. The number of imidazole rings is 1. The van der Waals surface area contributed by atoms with Gasteiger partial charge in [0.15, 0.2) is 0 Å². The van der Waals surface area contributed by atoms with Crippen LogP contribution in [0.3, 0.4) is 0 Å². The smallest absolute Gasteiger partial charge is 0.227 e. The molecule has 1 aliphatic heterocycles. The van der Waals surface area contributed by atoms with Crippen molar-refractivity contribution in [2.45, 2.75) is 19.8 Å². The summed E-state index contributed by atoms with van der Waals surface area (Å²) in [5.74, 6) is 2.28. The summed E-state index contributed by atoms with van der Waals surface area (Å²) < 4.78 is 8.15. The normalized spacial score (nSPS) is 14.5. The van der Waals surface area contributed by atoms with Crippen molar-refractivity contribution in [2.75, 3.05) is 30.8 Å². The summed E-state index contributed by atoms with van der Waals surface area (Å²) >= 11 is 0. The molecule has 3 aromatic carbocycles. The number of fused-ring (bicyclic) bond motifs is 2. The first kappa shape index (κ1) is 24.8. The molecule has 2 aromatic heterocycles. The maximum Gasteiger partial charge on any atom is 0.227 e. The van der Waals surface area contributed by atoms with Crippen molar-refractivity contribution in [2.24, 2.45) is 13.0 Å². The molecule has 0 saturated carbocycles. The zero-order chi connectivity index (χ0) is 26.9. The quantitative estimate of drug-likeness (QED) is 0.298. The highest BCUT2D eigenvalue weighted by Gasteiger charge is 2.23. The predicted octanol–water partition coefficient (Wildman–Crippen LogP) is 5.64. The molecule has 2 N–H and O–H groups in total. The Hall–Kier alpha value is -4.50. The van der Waals surface area contributed by atoms with E-state index in [0.29, 0.717) is 5.82 Å². The van der Waals surface area contributed by atoms with E-state index in [4.69, 9.17) is 4.74 Å². The van der Waals surface area contributed by atoms with Gasteiger partial charge in [0.25, 0.3) is 0 Å². The number of anilines is 3. The van der Waals surface area contributed by atoms with Crippen molar-refractivity contribution in [3.63, 3.8) is 0 Å². The highest BCUT2D eigenvalue weighted by Crippen LogP contribution is 2.32. The molecule has 198 valence electrons. The van der Waals surface area contributed by atoms with Gasteiger partial charge in [-0.2, -0.15) is 0 Å². The monoisotopic (exact) mass is 521 g/mol. The third-order valence-electron chi connectivity index (χ3n) is 7.35. The van der Waals surface area contributed by atoms with E-state index >= 15 is 0 Å². The largest absolute Gasteiger partial charge is 0.457 e. The van der Waals surface area contributed by atoms with Crippen molar-refractivity contribution < 1.29 is 9.53 Å². The third-order valence-corrected chi connectivity index (χ3v) is 7.35. The molecule has 0 radical (unpaired) electrons. The average molecular weight is 522 g/mol. The van der Waals surface area contributed by atoms with Crippen LogP contribution < -0.4 is 15.4 Å². The van der Waals surface area contributed by atoms with Crippen LogP contribution in [-0.2, 0) is 11.8 Å². The Bertz CT molecular complexity index is 1670. The van der Waals surface area contributed by atoms with Crippen molar-refractivity contribution >= 4 is 45.0 Å². The highest BCUT2D eigenvalue weighted by atomic mass is 16.5. The lowest BCUT2D eigenvalue weighted by molar-refractivity contribution is -0.121. The van der Waals surface area contributed by atoms with E-state index < -0.39 is 0 Å². The first-order valence-corrected chi connectivity index (χ1v) is 13.1. The number of amides is 1. The van der Waals surface area contributed by atoms with Crippen LogP contribution in [0, 0.1) is 12.8 Å². The SMILES string of the molecule is Cc1cc(Nc2ncnc3ccc(NC(=O)C4CCN(C)CC4)cc23)ccc1Oc1ccc2c(c1)ncn2C. The number of ether oxygens (including phenoxy) is 1. The van der Waals surface area contributed by atoms with Crippen LogP contribution in [0.1, 0.15) is 18.4 Å². The highest BCUT2D eigenvalue weighted by molar-refractivity contribution is 5.98. The molecule has 0 aliphatic carbocycles. The fraction of sp³-hybridized carbons (Fsp3) is 0.267. The fourth-order valence-corrected chi connectivity index (χ4v) is 5.03. The van der Waals surface area contributed by atoms with E-state index in [1.165, 1.54) is 0 Å². The van der Waals surface area contributed by atoms with Gasteiger partial charge < -0.3 is 24.8 Å². The van der Waals surface area contributed by atoms with Crippen LogP contribution in [0.5, 0.6) is 11.5 Å². The van der Waals surface area contributed by atoms with Gasteiger partial charge in [-0.05, 0) is 94.0 Å². The standard InChI is InChI=1S/C30H31N7O2/c1-19-14-21(5-9-28(19)39-23-6-8-27-26(16-23)33-18-37(27)3)34-29-24-15-22(4-7-25(24)31-17-32-29)35-30(38)20-10-12-36(2)13-11-20/h4-9,14-18,20H,10-13H2,1-3H3,(H,35,38)(H,31,32,34). The summed E-state index contributed by atoms with van der Waals surface area (Å²) in [7, 11) is 4.07. The molecule has 1 saturated heterocycles. The van der Waals surface area contributed by atoms with E-state index in [1.54, 1.807) is 12.7 Å². The minimum Gasteiger partial charge on any atom is -0.457 e. The fourth-order valence-electron chi connectivity index (χ4n) is 5.03. The van der Waals surface area contributed by atoms with Gasteiger partial charge in [0.2, 0.25) is 5.91 Å². The predicted molar refractivity (Wildman–Crippen MR) is 154 cm³/mol. The van der Waals surface area contributed by atoms with E-state index in [0.717, 1.165) is 76.3 Å². The lowest BCUT2D eigenvalue weighted by Gasteiger charge is -2.28. The number of carbonyl (C=O) groups excluding carboxylic acids is 1. The zero-order valence-corrected chi connectivity index (χ0v) is 22.3. The van der Waals surface area contributed by atoms with Crippen molar-refractivity contribution in [3.05, 3.63) is 72.8 Å². The summed E-state index contributed by atoms with van der Waals surface area (Å²) in [5, 5.41) is 7.35. The molecule has 9 nitrogen and oxygen atoms in total. The number of aromatic nitrogens is 4. The van der Waals surface area contributed by atoms with Gasteiger partial charge in [0.1, 0.15) is 23.6 Å². The summed E-state index contributed by atoms with van der Waals surface area (Å²) in [6.07, 6.45) is 5.09. The molecule has 0 bridgehead atoms. The van der Waals surface area contributed by atoms with E-state index in [-0.39, 0.29) is 11.8 Å². The molecule has 1 aliphatic rings. The van der Waals surface area contributed by atoms with Crippen LogP contribution >= 0.6 is 0 Å². The number of nitrogens with zero attached hydrogens (tertiary/aromatic N) is 5. The number of carbonyl (C=O) groups is 1. The molecule has 9 heteroatoms. The Morgan fingerprint density at radius 1 is 0.923 bits per heavy atom. The van der Waals surface area contributed by atoms with Gasteiger partial charge in [-0.3, -0.25) is 4.79 Å². The van der Waals surface area contributed by atoms with Gasteiger partial charge in [-0.15, -0.1) is 0 Å². The molecule has 5 aromatic rings. The maximum absolute atomic E-state index is 12.9. The number of rotatable bonds is 6. The van der Waals surface area contributed by atoms with E-state index in [1.807, 2.05) is 73.1 Å². The number of aryl methyl sites for hydroxylation is 2. The van der Waals surface area contributed by atoms with Crippen molar-refractivity contribution in [1.29, 1.82) is 0 Å². The van der Waals surface area contributed by atoms with Gasteiger partial charge in [-0.1, -0.05) is 0 Å². The van der Waals surface area contributed by atoms with Crippen LogP contribution in [-0.4, -0.2) is 50.5 Å². The molecule has 0 spiro atoms.